The summed E-state index contributed by atoms with van der Waals surface area (Å²) in [5.74, 6) is 1.01. The molecular weight excluding hydrogens is 582 g/mol. The van der Waals surface area contributed by atoms with E-state index in [2.05, 4.69) is 48.2 Å². The second kappa shape index (κ2) is 13.9. The molecule has 0 aliphatic rings. The van der Waals surface area contributed by atoms with Crippen molar-refractivity contribution >= 4 is 34.5 Å². The zero-order valence-corrected chi connectivity index (χ0v) is 27.0. The Morgan fingerprint density at radius 2 is 1.51 bits per heavy atom. The van der Waals surface area contributed by atoms with Gasteiger partial charge in [0.15, 0.2) is 0 Å². The van der Waals surface area contributed by atoms with Gasteiger partial charge in [0.2, 0.25) is 5.82 Å². The van der Waals surface area contributed by atoms with Gasteiger partial charge in [-0.1, -0.05) is 94.4 Å². The molecule has 0 unspecified atom stereocenters. The molecule has 7 nitrogen and oxygen atoms in total. The quantitative estimate of drug-likeness (QED) is 0.0962. The third-order valence-electron chi connectivity index (χ3n) is 7.36. The molecule has 8 heteroatoms. The highest BCUT2D eigenvalue weighted by atomic mass is 32.2. The first-order chi connectivity index (χ1) is 21.6. The Morgan fingerprint density at radius 3 is 2.16 bits per heavy atom. The second-order valence-electron chi connectivity index (χ2n) is 11.7. The first kappa shape index (κ1) is 31.7. The summed E-state index contributed by atoms with van der Waals surface area (Å²) >= 11 is 1.51. The van der Waals surface area contributed by atoms with Crippen molar-refractivity contribution < 1.29 is 19.1 Å². The number of nitrogens with one attached hydrogen (secondary N) is 1. The number of benzene rings is 4. The standard InChI is InChI=1S/C37H37N3O4S/c1-6-45-35-30-23-29(44-28-18-16-27(17-19-28)37(2,3)4)20-21-31(30)38-33(40-35)34(41)39-32(36(42)43-5)22-24-12-14-26(15-13-24)25-10-8-7-9-11-25/h7-21,23,32H,6,22H2,1-5H3,(H,39,41)/t32-/m0/s1. The van der Waals surface area contributed by atoms with E-state index in [1.165, 1.54) is 24.4 Å². The first-order valence-electron chi connectivity index (χ1n) is 14.9. The van der Waals surface area contributed by atoms with Gasteiger partial charge in [-0.05, 0) is 63.8 Å². The summed E-state index contributed by atoms with van der Waals surface area (Å²) in [4.78, 5) is 35.3. The number of nitrogens with zero attached hydrogens (tertiary/aromatic N) is 2. The highest BCUT2D eigenvalue weighted by molar-refractivity contribution is 7.99. The van der Waals surface area contributed by atoms with E-state index >= 15 is 0 Å². The van der Waals surface area contributed by atoms with Crippen LogP contribution in [0, 0.1) is 0 Å². The van der Waals surface area contributed by atoms with Crippen molar-refractivity contribution in [3.63, 3.8) is 0 Å². The summed E-state index contributed by atoms with van der Waals surface area (Å²) in [6.45, 7) is 8.54. The Morgan fingerprint density at radius 1 is 0.844 bits per heavy atom. The van der Waals surface area contributed by atoms with Crippen LogP contribution in [-0.2, 0) is 21.4 Å². The number of aromatic nitrogens is 2. The van der Waals surface area contributed by atoms with E-state index in [-0.39, 0.29) is 17.7 Å². The van der Waals surface area contributed by atoms with Crippen molar-refractivity contribution in [3.05, 3.63) is 114 Å². The Bertz CT molecular complexity index is 1780. The van der Waals surface area contributed by atoms with E-state index in [0.717, 1.165) is 33.6 Å². The van der Waals surface area contributed by atoms with E-state index in [9.17, 15) is 9.59 Å². The lowest BCUT2D eigenvalue weighted by molar-refractivity contribution is -0.142. The first-order valence-corrected chi connectivity index (χ1v) is 15.9. The van der Waals surface area contributed by atoms with Crippen LogP contribution in [0.4, 0.5) is 0 Å². The van der Waals surface area contributed by atoms with Crippen molar-refractivity contribution in [1.29, 1.82) is 0 Å². The fourth-order valence-corrected chi connectivity index (χ4v) is 5.65. The number of ether oxygens (including phenoxy) is 2. The van der Waals surface area contributed by atoms with Crippen molar-refractivity contribution in [2.24, 2.45) is 0 Å². The summed E-state index contributed by atoms with van der Waals surface area (Å²) in [7, 11) is 1.31. The number of esters is 1. The molecule has 0 aliphatic heterocycles. The number of hydrogen-bond acceptors (Lipinski definition) is 7. The van der Waals surface area contributed by atoms with Crippen LogP contribution in [0.15, 0.2) is 102 Å². The van der Waals surface area contributed by atoms with Gasteiger partial charge in [0, 0.05) is 11.8 Å². The molecule has 0 saturated carbocycles. The van der Waals surface area contributed by atoms with Gasteiger partial charge in [-0.25, -0.2) is 14.8 Å². The molecule has 0 aliphatic carbocycles. The van der Waals surface area contributed by atoms with Gasteiger partial charge in [-0.15, -0.1) is 11.8 Å². The maximum atomic E-state index is 13.4. The SMILES string of the molecule is CCSc1nc(C(=O)N[C@@H](Cc2ccc(-c3ccccc3)cc2)C(=O)OC)nc2ccc(Oc3ccc(C(C)(C)C)cc3)cc12. The van der Waals surface area contributed by atoms with Crippen molar-refractivity contribution in [1.82, 2.24) is 15.3 Å². The highest BCUT2D eigenvalue weighted by Crippen LogP contribution is 2.32. The fraction of sp³-hybridized carbons (Fsp3) is 0.243. The number of rotatable bonds is 10. The molecular formula is C37H37N3O4S. The normalized spacial score (nSPS) is 12.0. The number of methoxy groups -OCH3 is 1. The average Bonchev–Trinajstić information content (AvgIpc) is 3.05. The van der Waals surface area contributed by atoms with Crippen molar-refractivity contribution in [2.45, 2.75) is 50.6 Å². The molecule has 5 aromatic rings. The number of carbonyl (C=O) groups excluding carboxylic acids is 2. The summed E-state index contributed by atoms with van der Waals surface area (Å²) < 4.78 is 11.2. The second-order valence-corrected chi connectivity index (χ2v) is 12.9. The van der Waals surface area contributed by atoms with Gasteiger partial charge in [0.25, 0.3) is 5.91 Å². The molecule has 0 saturated heterocycles. The number of carbonyl (C=O) groups is 2. The monoisotopic (exact) mass is 619 g/mol. The van der Waals surface area contributed by atoms with Crippen LogP contribution in [0.2, 0.25) is 0 Å². The van der Waals surface area contributed by atoms with Gasteiger partial charge in [-0.2, -0.15) is 0 Å². The van der Waals surface area contributed by atoms with Gasteiger partial charge in [-0.3, -0.25) is 4.79 Å². The molecule has 45 heavy (non-hydrogen) atoms. The van der Waals surface area contributed by atoms with Crippen LogP contribution in [-0.4, -0.2) is 40.7 Å². The van der Waals surface area contributed by atoms with Gasteiger partial charge >= 0.3 is 5.97 Å². The number of thioether (sulfide) groups is 1. The molecule has 1 amide bonds. The Labute approximate surface area is 268 Å². The topological polar surface area (TPSA) is 90.4 Å². The number of fused-ring (bicyclic) bond motifs is 1. The van der Waals surface area contributed by atoms with E-state index < -0.39 is 17.9 Å². The smallest absolute Gasteiger partial charge is 0.328 e. The molecule has 1 N–H and O–H groups in total. The highest BCUT2D eigenvalue weighted by Gasteiger charge is 2.25. The van der Waals surface area contributed by atoms with Gasteiger partial charge in [0.1, 0.15) is 22.6 Å². The Kier molecular flexibility index (Phi) is 9.83. The Balaban J connectivity index is 1.35. The number of hydrogen-bond donors (Lipinski definition) is 1. The molecule has 0 bridgehead atoms. The molecule has 230 valence electrons. The molecule has 5 rings (SSSR count). The lowest BCUT2D eigenvalue weighted by atomic mass is 9.87. The van der Waals surface area contributed by atoms with E-state index in [1.54, 1.807) is 0 Å². The summed E-state index contributed by atoms with van der Waals surface area (Å²) in [5, 5.41) is 4.24. The van der Waals surface area contributed by atoms with Crippen molar-refractivity contribution in [2.75, 3.05) is 12.9 Å². The molecule has 1 heterocycles. The minimum absolute atomic E-state index is 0.0155. The van der Waals surface area contributed by atoms with Crippen LogP contribution in [0.5, 0.6) is 11.5 Å². The molecule has 0 spiro atoms. The zero-order valence-electron chi connectivity index (χ0n) is 26.2. The summed E-state index contributed by atoms with van der Waals surface area (Å²) in [6.07, 6.45) is 0.259. The van der Waals surface area contributed by atoms with E-state index in [4.69, 9.17) is 9.47 Å². The van der Waals surface area contributed by atoms with E-state index in [1.807, 2.05) is 91.9 Å². The van der Waals surface area contributed by atoms with Crippen molar-refractivity contribution in [3.8, 4) is 22.6 Å². The predicted octanol–water partition coefficient (Wildman–Crippen LogP) is 8.01. The zero-order chi connectivity index (χ0) is 32.0. The van der Waals surface area contributed by atoms with Crippen LogP contribution in [0.3, 0.4) is 0 Å². The van der Waals surface area contributed by atoms with Gasteiger partial charge < -0.3 is 14.8 Å². The van der Waals surface area contributed by atoms with Crippen LogP contribution in [0.25, 0.3) is 22.0 Å². The lowest BCUT2D eigenvalue weighted by Crippen LogP contribution is -2.43. The minimum atomic E-state index is -0.910. The molecule has 1 aromatic heterocycles. The minimum Gasteiger partial charge on any atom is -0.467 e. The molecule has 1 atom stereocenters. The van der Waals surface area contributed by atoms with E-state index in [0.29, 0.717) is 16.3 Å². The van der Waals surface area contributed by atoms with Crippen LogP contribution in [0.1, 0.15) is 49.4 Å². The molecule has 0 fully saturated rings. The predicted molar refractivity (Wildman–Crippen MR) is 180 cm³/mol. The average molecular weight is 620 g/mol. The van der Waals surface area contributed by atoms with Gasteiger partial charge in [0.05, 0.1) is 12.6 Å². The summed E-state index contributed by atoms with van der Waals surface area (Å²) in [6, 6.07) is 30.6. The summed E-state index contributed by atoms with van der Waals surface area (Å²) in [5.41, 5.74) is 4.94. The molecule has 0 radical (unpaired) electrons. The Hall–Kier alpha value is -4.69. The maximum Gasteiger partial charge on any atom is 0.328 e. The number of amides is 1. The maximum absolute atomic E-state index is 13.4. The van der Waals surface area contributed by atoms with Crippen LogP contribution >= 0.6 is 11.8 Å². The largest absolute Gasteiger partial charge is 0.467 e. The fourth-order valence-electron chi connectivity index (χ4n) is 4.91. The molecule has 4 aromatic carbocycles. The third-order valence-corrected chi connectivity index (χ3v) is 8.24. The lowest BCUT2D eigenvalue weighted by Gasteiger charge is -2.19. The third kappa shape index (κ3) is 7.88. The van der Waals surface area contributed by atoms with Crippen LogP contribution < -0.4 is 10.1 Å².